The van der Waals surface area contributed by atoms with E-state index in [0.717, 1.165) is 4.31 Å². The molecular weight excluding hydrogens is 501 g/mol. The molecule has 2 N–H and O–H groups in total. The third-order valence-electron chi connectivity index (χ3n) is 5.02. The fourth-order valence-electron chi connectivity index (χ4n) is 3.26. The van der Waals surface area contributed by atoms with Crippen molar-refractivity contribution in [3.05, 3.63) is 87.9 Å². The van der Waals surface area contributed by atoms with Crippen LogP contribution in [-0.4, -0.2) is 39.3 Å². The van der Waals surface area contributed by atoms with Gasteiger partial charge in [-0.2, -0.15) is 0 Å². The van der Waals surface area contributed by atoms with Gasteiger partial charge in [0, 0.05) is 11.3 Å². The molecule has 11 heteroatoms. The van der Waals surface area contributed by atoms with Crippen LogP contribution in [-0.2, 0) is 14.8 Å². The molecule has 3 aromatic rings. The first kappa shape index (κ1) is 24.0. The zero-order chi connectivity index (χ0) is 24.3. The van der Waals surface area contributed by atoms with Crippen molar-refractivity contribution in [3.63, 3.8) is 0 Å². The Balaban J connectivity index is 1.50. The molecule has 0 unspecified atom stereocenters. The van der Waals surface area contributed by atoms with Crippen LogP contribution in [0.5, 0.6) is 0 Å². The van der Waals surface area contributed by atoms with Gasteiger partial charge in [-0.3, -0.25) is 9.59 Å². The molecule has 3 aromatic carbocycles. The van der Waals surface area contributed by atoms with E-state index in [2.05, 4.69) is 10.6 Å². The van der Waals surface area contributed by atoms with Crippen LogP contribution in [0.2, 0.25) is 10.0 Å². The quantitative estimate of drug-likeness (QED) is 0.511. The minimum atomic E-state index is -3.51. The number of hydrogen-bond acceptors (Lipinski definition) is 5. The standard InChI is InChI=1S/C23H19Cl2N3O5S/c24-19-9-6-16(12-21(19)27-22(29)15-4-2-1-3-5-15)26-23(30)18-8-7-17(13-20(18)25)28-14-33-10-11-34(28,31)32/h1-9,12-13H,10-11,14H2,(H,26,30)(H,27,29). The molecule has 0 radical (unpaired) electrons. The Morgan fingerprint density at radius 2 is 1.65 bits per heavy atom. The van der Waals surface area contributed by atoms with Crippen molar-refractivity contribution in [2.75, 3.05) is 34.0 Å². The van der Waals surface area contributed by atoms with Gasteiger partial charge in [-0.1, -0.05) is 41.4 Å². The van der Waals surface area contributed by atoms with Crippen molar-refractivity contribution >= 4 is 62.1 Å². The summed E-state index contributed by atoms with van der Waals surface area (Å²) < 4.78 is 30.9. The summed E-state index contributed by atoms with van der Waals surface area (Å²) in [6.45, 7) is 0.00833. The number of nitrogens with zero attached hydrogens (tertiary/aromatic N) is 1. The Bertz CT molecular complexity index is 1350. The average Bonchev–Trinajstić information content (AvgIpc) is 2.81. The van der Waals surface area contributed by atoms with E-state index in [1.54, 1.807) is 42.5 Å². The van der Waals surface area contributed by atoms with Crippen molar-refractivity contribution in [1.29, 1.82) is 0 Å². The van der Waals surface area contributed by atoms with Crippen LogP contribution < -0.4 is 14.9 Å². The Morgan fingerprint density at radius 1 is 0.882 bits per heavy atom. The van der Waals surface area contributed by atoms with Gasteiger partial charge in [0.2, 0.25) is 10.0 Å². The maximum absolute atomic E-state index is 12.8. The number of benzene rings is 3. The van der Waals surface area contributed by atoms with Crippen LogP contribution in [0.4, 0.5) is 17.1 Å². The van der Waals surface area contributed by atoms with E-state index in [9.17, 15) is 18.0 Å². The summed E-state index contributed by atoms with van der Waals surface area (Å²) in [4.78, 5) is 25.3. The van der Waals surface area contributed by atoms with E-state index < -0.39 is 15.9 Å². The van der Waals surface area contributed by atoms with Crippen molar-refractivity contribution in [3.8, 4) is 0 Å². The second-order valence-corrected chi connectivity index (χ2v) is 10.2. The molecule has 1 heterocycles. The normalized spacial score (nSPS) is 14.9. The van der Waals surface area contributed by atoms with Crippen LogP contribution in [0.1, 0.15) is 20.7 Å². The largest absolute Gasteiger partial charge is 0.359 e. The summed E-state index contributed by atoms with van der Waals surface area (Å²) in [7, 11) is -3.51. The fourth-order valence-corrected chi connectivity index (χ4v) is 4.91. The highest BCUT2D eigenvalue weighted by Crippen LogP contribution is 2.29. The zero-order valence-electron chi connectivity index (χ0n) is 17.6. The van der Waals surface area contributed by atoms with Gasteiger partial charge in [0.25, 0.3) is 11.8 Å². The highest BCUT2D eigenvalue weighted by atomic mass is 35.5. The molecule has 0 bridgehead atoms. The summed E-state index contributed by atoms with van der Waals surface area (Å²) in [5.74, 6) is -0.995. The lowest BCUT2D eigenvalue weighted by Gasteiger charge is -2.28. The number of hydrogen-bond donors (Lipinski definition) is 2. The molecule has 1 fully saturated rings. The van der Waals surface area contributed by atoms with Gasteiger partial charge in [0.1, 0.15) is 6.73 Å². The monoisotopic (exact) mass is 519 g/mol. The second-order valence-electron chi connectivity index (χ2n) is 7.33. The third-order valence-corrected chi connectivity index (χ3v) is 7.34. The number of nitrogens with one attached hydrogen (secondary N) is 2. The van der Waals surface area contributed by atoms with Gasteiger partial charge in [0.15, 0.2) is 0 Å². The summed E-state index contributed by atoms with van der Waals surface area (Å²) in [6.07, 6.45) is 0. The lowest BCUT2D eigenvalue weighted by atomic mass is 10.1. The number of sulfonamides is 1. The molecule has 4 rings (SSSR count). The zero-order valence-corrected chi connectivity index (χ0v) is 20.0. The summed E-state index contributed by atoms with van der Waals surface area (Å²) >= 11 is 12.5. The minimum absolute atomic E-state index is 0.0716. The first-order chi connectivity index (χ1) is 16.2. The lowest BCUT2D eigenvalue weighted by Crippen LogP contribution is -2.41. The number of halogens is 2. The van der Waals surface area contributed by atoms with Gasteiger partial charge in [-0.25, -0.2) is 12.7 Å². The molecule has 1 aliphatic rings. The van der Waals surface area contributed by atoms with Crippen molar-refractivity contribution in [2.45, 2.75) is 0 Å². The first-order valence-electron chi connectivity index (χ1n) is 10.1. The Morgan fingerprint density at radius 3 is 2.35 bits per heavy atom. The summed E-state index contributed by atoms with van der Waals surface area (Å²) in [5.41, 5.74) is 1.61. The van der Waals surface area contributed by atoms with E-state index in [1.807, 2.05) is 0 Å². The van der Waals surface area contributed by atoms with E-state index in [4.69, 9.17) is 27.9 Å². The fraction of sp³-hybridized carbons (Fsp3) is 0.130. The Hall–Kier alpha value is -3.11. The number of carbonyl (C=O) groups excluding carboxylic acids is 2. The van der Waals surface area contributed by atoms with E-state index in [1.165, 1.54) is 24.3 Å². The molecule has 176 valence electrons. The molecule has 0 atom stereocenters. The predicted molar refractivity (Wildman–Crippen MR) is 132 cm³/mol. The molecule has 0 spiro atoms. The van der Waals surface area contributed by atoms with Crippen molar-refractivity contribution in [1.82, 2.24) is 0 Å². The average molecular weight is 520 g/mol. The van der Waals surface area contributed by atoms with E-state index >= 15 is 0 Å². The molecule has 0 aliphatic carbocycles. The third kappa shape index (κ3) is 5.34. The second kappa shape index (κ2) is 10.0. The highest BCUT2D eigenvalue weighted by molar-refractivity contribution is 7.92. The molecule has 0 saturated carbocycles. The summed E-state index contributed by atoms with van der Waals surface area (Å²) in [5, 5.41) is 5.80. The van der Waals surface area contributed by atoms with Crippen LogP contribution in [0, 0.1) is 0 Å². The van der Waals surface area contributed by atoms with Gasteiger partial charge in [-0.05, 0) is 48.5 Å². The molecule has 2 amide bonds. The van der Waals surface area contributed by atoms with Gasteiger partial charge >= 0.3 is 0 Å². The van der Waals surface area contributed by atoms with Crippen molar-refractivity contribution < 1.29 is 22.7 Å². The maximum Gasteiger partial charge on any atom is 0.257 e. The Kier molecular flexibility index (Phi) is 7.08. The SMILES string of the molecule is O=C(Nc1cc(NC(=O)c2ccc(N3COCCS3(=O)=O)cc2Cl)ccc1Cl)c1ccccc1. The molecule has 34 heavy (non-hydrogen) atoms. The maximum atomic E-state index is 12.8. The number of ether oxygens (including phenoxy) is 1. The number of amides is 2. The molecule has 1 aliphatic heterocycles. The van der Waals surface area contributed by atoms with Gasteiger partial charge in [-0.15, -0.1) is 0 Å². The number of anilines is 3. The van der Waals surface area contributed by atoms with E-state index in [0.29, 0.717) is 27.6 Å². The first-order valence-corrected chi connectivity index (χ1v) is 12.5. The molecule has 0 aromatic heterocycles. The smallest absolute Gasteiger partial charge is 0.257 e. The lowest BCUT2D eigenvalue weighted by molar-refractivity contribution is 0.101. The molecule has 1 saturated heterocycles. The molecule has 8 nitrogen and oxygen atoms in total. The van der Waals surface area contributed by atoms with Crippen LogP contribution >= 0.6 is 23.2 Å². The van der Waals surface area contributed by atoms with Crippen molar-refractivity contribution in [2.24, 2.45) is 0 Å². The topological polar surface area (TPSA) is 105 Å². The van der Waals surface area contributed by atoms with Crippen LogP contribution in [0.25, 0.3) is 0 Å². The number of rotatable bonds is 5. The predicted octanol–water partition coefficient (Wildman–Crippen LogP) is 4.62. The van der Waals surface area contributed by atoms with Gasteiger partial charge < -0.3 is 15.4 Å². The number of carbonyl (C=O) groups is 2. The molecular formula is C23H19Cl2N3O5S. The minimum Gasteiger partial charge on any atom is -0.359 e. The highest BCUT2D eigenvalue weighted by Gasteiger charge is 2.27. The van der Waals surface area contributed by atoms with Gasteiger partial charge in [0.05, 0.1) is 39.3 Å². The summed E-state index contributed by atoms with van der Waals surface area (Å²) in [6, 6.07) is 17.6. The van der Waals surface area contributed by atoms with Crippen LogP contribution in [0.3, 0.4) is 0 Å². The van der Waals surface area contributed by atoms with Crippen LogP contribution in [0.15, 0.2) is 66.7 Å². The van der Waals surface area contributed by atoms with E-state index in [-0.39, 0.29) is 35.6 Å². The Labute approximate surface area is 206 Å².